The Labute approximate surface area is 123 Å². The molecule has 2 unspecified atom stereocenters. The van der Waals surface area contributed by atoms with E-state index in [1.807, 2.05) is 6.92 Å². The molecule has 116 valence electrons. The molecule has 1 aromatic carbocycles. The number of nitro groups is 1. The fraction of sp³-hybridized carbons (Fsp3) is 0.538. The first-order valence-corrected chi connectivity index (χ1v) is 8.10. The molecule has 2 N–H and O–H groups in total. The van der Waals surface area contributed by atoms with Crippen molar-refractivity contribution >= 4 is 15.7 Å². The third-order valence-electron chi connectivity index (χ3n) is 4.03. The summed E-state index contributed by atoms with van der Waals surface area (Å²) < 4.78 is 26.6. The van der Waals surface area contributed by atoms with Gasteiger partial charge in [0, 0.05) is 25.2 Å². The highest BCUT2D eigenvalue weighted by Gasteiger charge is 2.38. The summed E-state index contributed by atoms with van der Waals surface area (Å²) in [6.07, 6.45) is 0. The Balaban J connectivity index is 2.55. The van der Waals surface area contributed by atoms with E-state index in [4.69, 9.17) is 5.73 Å². The Bertz CT molecular complexity index is 677. The minimum absolute atomic E-state index is 0.0328. The molecule has 1 fully saturated rings. The summed E-state index contributed by atoms with van der Waals surface area (Å²) in [5, 5.41) is 11.2. The predicted octanol–water partition coefficient (Wildman–Crippen LogP) is 1.18. The molecule has 0 aliphatic carbocycles. The Morgan fingerprint density at radius 3 is 2.33 bits per heavy atom. The topological polar surface area (TPSA) is 107 Å². The van der Waals surface area contributed by atoms with Gasteiger partial charge in [-0.05, 0) is 37.0 Å². The van der Waals surface area contributed by atoms with Gasteiger partial charge in [0.05, 0.1) is 4.92 Å². The molecular formula is C13H19N3O4S. The van der Waals surface area contributed by atoms with Gasteiger partial charge in [0.2, 0.25) is 10.0 Å². The van der Waals surface area contributed by atoms with E-state index in [1.165, 1.54) is 16.4 Å². The standard InChI is InChI=1S/C13H19N3O4S/c1-8-4-12(16(17)18)13(5-9(8)2)21(19,20)15-6-10(3)11(14)7-15/h4-5,10-11H,6-7,14H2,1-3H3. The molecule has 0 radical (unpaired) electrons. The molecule has 1 heterocycles. The molecule has 8 heteroatoms. The molecule has 1 aromatic rings. The van der Waals surface area contributed by atoms with Gasteiger partial charge >= 0.3 is 0 Å². The molecule has 0 saturated carbocycles. The number of rotatable bonds is 3. The zero-order chi connectivity index (χ0) is 15.9. The lowest BCUT2D eigenvalue weighted by molar-refractivity contribution is -0.387. The zero-order valence-corrected chi connectivity index (χ0v) is 13.1. The number of sulfonamides is 1. The second kappa shape index (κ2) is 5.36. The van der Waals surface area contributed by atoms with Gasteiger partial charge < -0.3 is 5.73 Å². The van der Waals surface area contributed by atoms with Gasteiger partial charge in [0.1, 0.15) is 0 Å². The van der Waals surface area contributed by atoms with E-state index < -0.39 is 14.9 Å². The second-order valence-corrected chi connectivity index (χ2v) is 7.53. The molecule has 1 aliphatic rings. The van der Waals surface area contributed by atoms with Gasteiger partial charge in [-0.3, -0.25) is 10.1 Å². The molecule has 0 amide bonds. The number of benzene rings is 1. The summed E-state index contributed by atoms with van der Waals surface area (Å²) in [5.41, 5.74) is 6.86. The molecule has 1 saturated heterocycles. The van der Waals surface area contributed by atoms with Crippen LogP contribution in [-0.2, 0) is 10.0 Å². The van der Waals surface area contributed by atoms with Crippen molar-refractivity contribution < 1.29 is 13.3 Å². The zero-order valence-electron chi connectivity index (χ0n) is 12.2. The summed E-state index contributed by atoms with van der Waals surface area (Å²) >= 11 is 0. The highest BCUT2D eigenvalue weighted by atomic mass is 32.2. The summed E-state index contributed by atoms with van der Waals surface area (Å²) in [5.74, 6) is 0.0328. The fourth-order valence-electron chi connectivity index (χ4n) is 2.41. The monoisotopic (exact) mass is 313 g/mol. The van der Waals surface area contributed by atoms with E-state index >= 15 is 0 Å². The largest absolute Gasteiger partial charge is 0.326 e. The minimum Gasteiger partial charge on any atom is -0.326 e. The van der Waals surface area contributed by atoms with Crippen LogP contribution in [0.4, 0.5) is 5.69 Å². The highest BCUT2D eigenvalue weighted by Crippen LogP contribution is 2.32. The van der Waals surface area contributed by atoms with Crippen LogP contribution in [-0.4, -0.2) is 36.8 Å². The van der Waals surface area contributed by atoms with E-state index in [0.717, 1.165) is 0 Å². The van der Waals surface area contributed by atoms with Gasteiger partial charge in [-0.15, -0.1) is 0 Å². The van der Waals surface area contributed by atoms with Crippen LogP contribution in [0, 0.1) is 29.9 Å². The smallest absolute Gasteiger partial charge is 0.289 e. The number of hydrogen-bond donors (Lipinski definition) is 1. The Morgan fingerprint density at radius 1 is 1.29 bits per heavy atom. The summed E-state index contributed by atoms with van der Waals surface area (Å²) in [6.45, 7) is 5.79. The van der Waals surface area contributed by atoms with Crippen LogP contribution in [0.3, 0.4) is 0 Å². The second-order valence-electron chi connectivity index (χ2n) is 5.62. The number of nitro benzene ring substituents is 1. The molecule has 0 spiro atoms. The maximum Gasteiger partial charge on any atom is 0.289 e. The van der Waals surface area contributed by atoms with Gasteiger partial charge in [-0.25, -0.2) is 8.42 Å². The van der Waals surface area contributed by atoms with E-state index in [9.17, 15) is 18.5 Å². The Kier molecular flexibility index (Phi) is 4.05. The third kappa shape index (κ3) is 2.78. The van der Waals surface area contributed by atoms with E-state index in [2.05, 4.69) is 0 Å². The average molecular weight is 313 g/mol. The molecule has 1 aliphatic heterocycles. The Hall–Kier alpha value is -1.51. The number of nitrogens with two attached hydrogens (primary N) is 1. The first-order valence-electron chi connectivity index (χ1n) is 6.66. The molecule has 2 rings (SSSR count). The van der Waals surface area contributed by atoms with Crippen molar-refractivity contribution in [2.24, 2.45) is 11.7 Å². The summed E-state index contributed by atoms with van der Waals surface area (Å²) in [7, 11) is -3.91. The number of nitrogens with zero attached hydrogens (tertiary/aromatic N) is 2. The SMILES string of the molecule is Cc1cc([N+](=O)[O-])c(S(=O)(=O)N2CC(C)C(N)C2)cc1C. The molecule has 0 aromatic heterocycles. The lowest BCUT2D eigenvalue weighted by atomic mass is 10.1. The first-order chi connectivity index (χ1) is 9.64. The van der Waals surface area contributed by atoms with Crippen molar-refractivity contribution in [2.75, 3.05) is 13.1 Å². The van der Waals surface area contributed by atoms with Crippen LogP contribution >= 0.6 is 0 Å². The molecule has 7 nitrogen and oxygen atoms in total. The maximum atomic E-state index is 12.7. The van der Waals surface area contributed by atoms with E-state index in [-0.39, 0.29) is 35.6 Å². The first kappa shape index (κ1) is 15.9. The third-order valence-corrected chi connectivity index (χ3v) is 5.89. The van der Waals surface area contributed by atoms with E-state index in [1.54, 1.807) is 13.8 Å². The quantitative estimate of drug-likeness (QED) is 0.666. The van der Waals surface area contributed by atoms with Gasteiger partial charge in [-0.1, -0.05) is 6.92 Å². The van der Waals surface area contributed by atoms with E-state index in [0.29, 0.717) is 11.1 Å². The highest BCUT2D eigenvalue weighted by molar-refractivity contribution is 7.89. The molecular weight excluding hydrogens is 294 g/mol. The van der Waals surface area contributed by atoms with Crippen molar-refractivity contribution in [3.05, 3.63) is 33.4 Å². The van der Waals surface area contributed by atoms with Gasteiger partial charge in [0.15, 0.2) is 4.90 Å². The minimum atomic E-state index is -3.91. The van der Waals surface area contributed by atoms with Crippen molar-refractivity contribution in [2.45, 2.75) is 31.7 Å². The van der Waals surface area contributed by atoms with Crippen molar-refractivity contribution in [1.82, 2.24) is 4.31 Å². The van der Waals surface area contributed by atoms with Crippen LogP contribution in [0.25, 0.3) is 0 Å². The molecule has 21 heavy (non-hydrogen) atoms. The lowest BCUT2D eigenvalue weighted by Gasteiger charge is -2.17. The van der Waals surface area contributed by atoms with Crippen molar-refractivity contribution in [3.63, 3.8) is 0 Å². The van der Waals surface area contributed by atoms with Gasteiger partial charge in [-0.2, -0.15) is 4.31 Å². The number of aryl methyl sites for hydroxylation is 2. The van der Waals surface area contributed by atoms with Crippen LogP contribution in [0.15, 0.2) is 17.0 Å². The lowest BCUT2D eigenvalue weighted by Crippen LogP contribution is -2.32. The van der Waals surface area contributed by atoms with Crippen molar-refractivity contribution in [1.29, 1.82) is 0 Å². The van der Waals surface area contributed by atoms with Crippen LogP contribution < -0.4 is 5.73 Å². The molecule has 0 bridgehead atoms. The number of hydrogen-bond acceptors (Lipinski definition) is 5. The Morgan fingerprint density at radius 2 is 1.86 bits per heavy atom. The average Bonchev–Trinajstić information content (AvgIpc) is 2.72. The van der Waals surface area contributed by atoms with Crippen molar-refractivity contribution in [3.8, 4) is 0 Å². The molecule has 2 atom stereocenters. The maximum absolute atomic E-state index is 12.7. The van der Waals surface area contributed by atoms with Crippen LogP contribution in [0.2, 0.25) is 0 Å². The summed E-state index contributed by atoms with van der Waals surface area (Å²) in [6, 6.07) is 2.43. The normalized spacial score (nSPS) is 23.4. The van der Waals surface area contributed by atoms with Crippen LogP contribution in [0.5, 0.6) is 0 Å². The predicted molar refractivity (Wildman–Crippen MR) is 78.5 cm³/mol. The van der Waals surface area contributed by atoms with Gasteiger partial charge in [0.25, 0.3) is 5.69 Å². The summed E-state index contributed by atoms with van der Waals surface area (Å²) in [4.78, 5) is 10.3. The fourth-order valence-corrected chi connectivity index (χ4v) is 4.21. The van der Waals surface area contributed by atoms with Crippen LogP contribution in [0.1, 0.15) is 18.1 Å².